The van der Waals surface area contributed by atoms with Gasteiger partial charge >= 0.3 is 11.9 Å². The van der Waals surface area contributed by atoms with Crippen molar-refractivity contribution in [3.8, 4) is 5.75 Å². The number of esters is 2. The molecule has 0 saturated heterocycles. The fourth-order valence-electron chi connectivity index (χ4n) is 4.31. The van der Waals surface area contributed by atoms with E-state index in [1.165, 1.54) is 22.7 Å². The molecule has 0 radical (unpaired) electrons. The average molecular weight is 575 g/mol. The topological polar surface area (TPSA) is 96.2 Å². The van der Waals surface area contributed by atoms with Crippen LogP contribution in [0.4, 0.5) is 0 Å². The molecule has 40 heavy (non-hydrogen) atoms. The van der Waals surface area contributed by atoms with E-state index < -0.39 is 18.0 Å². The first-order chi connectivity index (χ1) is 19.5. The van der Waals surface area contributed by atoms with Crippen molar-refractivity contribution in [3.05, 3.63) is 113 Å². The van der Waals surface area contributed by atoms with Crippen LogP contribution in [0.1, 0.15) is 35.9 Å². The molecule has 0 spiro atoms. The summed E-state index contributed by atoms with van der Waals surface area (Å²) >= 11 is 2.73. The molecule has 0 unspecified atom stereocenters. The van der Waals surface area contributed by atoms with Crippen molar-refractivity contribution in [2.45, 2.75) is 19.9 Å². The zero-order chi connectivity index (χ0) is 28.1. The molecule has 8 nitrogen and oxygen atoms in total. The van der Waals surface area contributed by atoms with Crippen molar-refractivity contribution in [1.82, 2.24) is 4.57 Å². The number of thiazole rings is 1. The summed E-state index contributed by atoms with van der Waals surface area (Å²) in [6, 6.07) is 19.6. The summed E-state index contributed by atoms with van der Waals surface area (Å²) in [5, 5.41) is 1.92. The minimum Gasteiger partial charge on any atom is -0.482 e. The molecule has 0 N–H and O–H groups in total. The van der Waals surface area contributed by atoms with Crippen LogP contribution in [0.15, 0.2) is 87.5 Å². The molecule has 1 aliphatic rings. The van der Waals surface area contributed by atoms with Crippen LogP contribution >= 0.6 is 22.7 Å². The van der Waals surface area contributed by atoms with Gasteiger partial charge in [-0.1, -0.05) is 59.9 Å². The first kappa shape index (κ1) is 27.3. The number of ether oxygens (including phenoxy) is 3. The molecular formula is C30H26N2O6S2. The maximum absolute atomic E-state index is 13.8. The van der Waals surface area contributed by atoms with E-state index in [0.29, 0.717) is 33.0 Å². The van der Waals surface area contributed by atoms with E-state index in [1.807, 2.05) is 47.8 Å². The number of carbonyl (C=O) groups is 2. The van der Waals surface area contributed by atoms with Crippen molar-refractivity contribution in [2.75, 3.05) is 19.8 Å². The summed E-state index contributed by atoms with van der Waals surface area (Å²) in [6.07, 6.45) is 1.78. The van der Waals surface area contributed by atoms with Gasteiger partial charge < -0.3 is 14.2 Å². The summed E-state index contributed by atoms with van der Waals surface area (Å²) < 4.78 is 17.9. The Morgan fingerprint density at radius 3 is 2.40 bits per heavy atom. The van der Waals surface area contributed by atoms with Crippen LogP contribution in [-0.4, -0.2) is 36.3 Å². The minimum absolute atomic E-state index is 0.180. The molecule has 1 atom stereocenters. The monoisotopic (exact) mass is 574 g/mol. The summed E-state index contributed by atoms with van der Waals surface area (Å²) in [6.45, 7) is 3.80. The highest BCUT2D eigenvalue weighted by molar-refractivity contribution is 7.10. The molecule has 10 heteroatoms. The quantitative estimate of drug-likeness (QED) is 0.281. The summed E-state index contributed by atoms with van der Waals surface area (Å²) in [7, 11) is 0. The summed E-state index contributed by atoms with van der Waals surface area (Å²) in [5.41, 5.74) is 2.11. The standard InChI is InChI=1S/C30H26N2O6S2/c1-3-36-24(33)18-38-21-14-12-19(13-15-21)17-23-28(34)32-27(22-11-8-16-39-22)25(29(35)37-4-2)26(31-30(32)40-23)20-9-6-5-7-10-20/h5-17,27H,3-4,18H2,1-2H3/b23-17-/t27-/m1/s1. The van der Waals surface area contributed by atoms with Crippen molar-refractivity contribution in [3.63, 3.8) is 0 Å². The highest BCUT2D eigenvalue weighted by atomic mass is 32.1. The minimum atomic E-state index is -0.675. The maximum Gasteiger partial charge on any atom is 0.344 e. The number of benzene rings is 2. The molecule has 0 bridgehead atoms. The molecule has 2 aromatic heterocycles. The van der Waals surface area contributed by atoms with E-state index >= 15 is 0 Å². The van der Waals surface area contributed by atoms with Gasteiger partial charge in [0.05, 0.1) is 29.0 Å². The first-order valence-corrected chi connectivity index (χ1v) is 14.4. The van der Waals surface area contributed by atoms with Crippen LogP contribution in [0.2, 0.25) is 0 Å². The lowest BCUT2D eigenvalue weighted by atomic mass is 9.97. The molecule has 5 rings (SSSR count). The number of nitrogens with zero attached hydrogens (tertiary/aromatic N) is 2. The van der Waals surface area contributed by atoms with Gasteiger partial charge in [-0.3, -0.25) is 9.36 Å². The van der Waals surface area contributed by atoms with Crippen LogP contribution < -0.4 is 19.6 Å². The normalized spacial score (nSPS) is 14.8. The lowest BCUT2D eigenvalue weighted by molar-refractivity contribution is -0.145. The van der Waals surface area contributed by atoms with Gasteiger partial charge in [0.2, 0.25) is 0 Å². The van der Waals surface area contributed by atoms with E-state index in [-0.39, 0.29) is 18.8 Å². The summed E-state index contributed by atoms with van der Waals surface area (Å²) in [5.74, 6) is -0.433. The fraction of sp³-hybridized carbons (Fsp3) is 0.200. The largest absolute Gasteiger partial charge is 0.482 e. The lowest BCUT2D eigenvalue weighted by Crippen LogP contribution is -2.39. The molecule has 0 fully saturated rings. The molecule has 0 aliphatic carbocycles. The number of hydrogen-bond acceptors (Lipinski definition) is 9. The van der Waals surface area contributed by atoms with Crippen molar-refractivity contribution < 1.29 is 23.8 Å². The Morgan fingerprint density at radius 1 is 0.975 bits per heavy atom. The van der Waals surface area contributed by atoms with Gasteiger partial charge in [0.25, 0.3) is 5.56 Å². The van der Waals surface area contributed by atoms with E-state index in [4.69, 9.17) is 19.2 Å². The fourth-order valence-corrected chi connectivity index (χ4v) is 6.14. The van der Waals surface area contributed by atoms with E-state index in [2.05, 4.69) is 0 Å². The third-order valence-electron chi connectivity index (χ3n) is 6.03. The number of aromatic nitrogens is 1. The van der Waals surface area contributed by atoms with Gasteiger partial charge in [-0.15, -0.1) is 11.3 Å². The van der Waals surface area contributed by atoms with Crippen LogP contribution in [-0.2, 0) is 19.1 Å². The Morgan fingerprint density at radius 2 is 1.73 bits per heavy atom. The number of carbonyl (C=O) groups excluding carboxylic acids is 2. The van der Waals surface area contributed by atoms with Crippen molar-refractivity contribution in [2.24, 2.45) is 4.99 Å². The Hall–Kier alpha value is -4.28. The Labute approximate surface area is 238 Å². The van der Waals surface area contributed by atoms with Crippen molar-refractivity contribution in [1.29, 1.82) is 0 Å². The Bertz CT molecular complexity index is 1720. The number of rotatable bonds is 9. The highest BCUT2D eigenvalue weighted by Gasteiger charge is 2.35. The number of thiophene rings is 1. The molecule has 1 aliphatic heterocycles. The van der Waals surface area contributed by atoms with E-state index in [9.17, 15) is 14.4 Å². The maximum atomic E-state index is 13.8. The Kier molecular flexibility index (Phi) is 8.37. The number of hydrogen-bond donors (Lipinski definition) is 0. The second-order valence-corrected chi connectivity index (χ2v) is 10.6. The van der Waals surface area contributed by atoms with E-state index in [1.54, 1.807) is 48.8 Å². The molecule has 204 valence electrons. The van der Waals surface area contributed by atoms with Gasteiger partial charge in [0.15, 0.2) is 11.4 Å². The lowest BCUT2D eigenvalue weighted by Gasteiger charge is -2.24. The Balaban J connectivity index is 1.60. The van der Waals surface area contributed by atoms with E-state index in [0.717, 1.165) is 16.0 Å². The van der Waals surface area contributed by atoms with Gasteiger partial charge in [-0.05, 0) is 49.1 Å². The van der Waals surface area contributed by atoms with Gasteiger partial charge in [-0.2, -0.15) is 0 Å². The molecule has 2 aromatic carbocycles. The van der Waals surface area contributed by atoms with Gasteiger partial charge in [0.1, 0.15) is 11.8 Å². The van der Waals surface area contributed by atoms with Crippen LogP contribution in [0.5, 0.6) is 5.75 Å². The predicted octanol–water partition coefficient (Wildman–Crippen LogP) is 3.94. The third-order valence-corrected chi connectivity index (χ3v) is 7.93. The predicted molar refractivity (Wildman–Crippen MR) is 154 cm³/mol. The SMILES string of the molecule is CCOC(=O)COc1ccc(/C=c2\sc3n(c2=O)[C@H](c2cccs2)C(C(=O)OCC)=C(c2ccccc2)N=3)cc1. The van der Waals surface area contributed by atoms with Crippen molar-refractivity contribution >= 4 is 46.4 Å². The van der Waals surface area contributed by atoms with Crippen LogP contribution in [0.25, 0.3) is 11.8 Å². The van der Waals surface area contributed by atoms with Crippen LogP contribution in [0, 0.1) is 0 Å². The molecule has 0 saturated carbocycles. The molecule has 4 aromatic rings. The number of fused-ring (bicyclic) bond motifs is 1. The van der Waals surface area contributed by atoms with Crippen LogP contribution in [0.3, 0.4) is 0 Å². The zero-order valence-electron chi connectivity index (χ0n) is 21.9. The summed E-state index contributed by atoms with van der Waals surface area (Å²) in [4.78, 5) is 44.9. The highest BCUT2D eigenvalue weighted by Crippen LogP contribution is 2.36. The third kappa shape index (κ3) is 5.68. The van der Waals surface area contributed by atoms with Gasteiger partial charge in [0, 0.05) is 10.4 Å². The second kappa shape index (κ2) is 12.3. The average Bonchev–Trinajstić information content (AvgIpc) is 3.61. The zero-order valence-corrected chi connectivity index (χ0v) is 23.5. The molecule has 0 amide bonds. The second-order valence-electron chi connectivity index (χ2n) is 8.61. The molecule has 3 heterocycles. The smallest absolute Gasteiger partial charge is 0.344 e. The first-order valence-electron chi connectivity index (χ1n) is 12.7. The van der Waals surface area contributed by atoms with Gasteiger partial charge in [-0.25, -0.2) is 14.6 Å². The molecular weight excluding hydrogens is 548 g/mol.